The Kier molecular flexibility index (Phi) is 5.28. The van der Waals surface area contributed by atoms with Crippen LogP contribution in [0.3, 0.4) is 0 Å². The maximum atomic E-state index is 7.95. The Labute approximate surface area is 39.8 Å². The molecular formula is C2H6OS2. The van der Waals surface area contributed by atoms with Crippen molar-refractivity contribution in [3.63, 3.8) is 0 Å². The van der Waals surface area contributed by atoms with E-state index < -0.39 is 0 Å². The summed E-state index contributed by atoms with van der Waals surface area (Å²) in [5.41, 5.74) is 0. The quantitative estimate of drug-likeness (QED) is 0.433. The Morgan fingerprint density at radius 3 is 2.40 bits per heavy atom. The van der Waals surface area contributed by atoms with Gasteiger partial charge in [-0.2, -0.15) is 0 Å². The van der Waals surface area contributed by atoms with Crippen LogP contribution in [0.1, 0.15) is 6.92 Å². The molecular weight excluding hydrogens is 104 g/mol. The van der Waals surface area contributed by atoms with Crippen LogP contribution in [-0.4, -0.2) is 10.3 Å². The SMILES string of the molecule is CCSSO. The molecule has 0 fully saturated rings. The van der Waals surface area contributed by atoms with Crippen molar-refractivity contribution < 1.29 is 4.55 Å². The fraction of sp³-hybridized carbons (Fsp3) is 1.00. The monoisotopic (exact) mass is 110 g/mol. The summed E-state index contributed by atoms with van der Waals surface area (Å²) in [4.78, 5) is 0. The van der Waals surface area contributed by atoms with E-state index in [2.05, 4.69) is 0 Å². The van der Waals surface area contributed by atoms with Crippen molar-refractivity contribution >= 4 is 21.9 Å². The summed E-state index contributed by atoms with van der Waals surface area (Å²) in [6.07, 6.45) is 0. The molecule has 0 saturated heterocycles. The second-order valence-electron chi connectivity index (χ2n) is 0.481. The van der Waals surface area contributed by atoms with Crippen LogP contribution >= 0.6 is 21.9 Å². The molecule has 0 aromatic rings. The third-order valence-electron chi connectivity index (χ3n) is 0.171. The van der Waals surface area contributed by atoms with Crippen LogP contribution in [0.15, 0.2) is 0 Å². The zero-order chi connectivity index (χ0) is 4.12. The minimum absolute atomic E-state index is 0.818. The molecule has 3 heteroatoms. The molecule has 0 bridgehead atoms. The van der Waals surface area contributed by atoms with Crippen molar-refractivity contribution in [2.75, 3.05) is 5.75 Å². The van der Waals surface area contributed by atoms with Gasteiger partial charge in [0.2, 0.25) is 0 Å². The fourth-order valence-electron chi connectivity index (χ4n) is 0.0527. The largest absolute Gasteiger partial charge is 0.321 e. The van der Waals surface area contributed by atoms with Gasteiger partial charge in [-0.05, 0) is 0 Å². The van der Waals surface area contributed by atoms with E-state index in [1.807, 2.05) is 6.92 Å². The predicted molar refractivity (Wildman–Crippen MR) is 28.4 cm³/mol. The molecule has 0 aliphatic rings. The minimum Gasteiger partial charge on any atom is -0.321 e. The maximum Gasteiger partial charge on any atom is 0.0593 e. The lowest BCUT2D eigenvalue weighted by Crippen LogP contribution is -1.51. The van der Waals surface area contributed by atoms with Gasteiger partial charge in [-0.1, -0.05) is 17.7 Å². The Balaban J connectivity index is 2.19. The summed E-state index contributed by atoms with van der Waals surface area (Å²) in [7, 11) is 1.44. The lowest BCUT2D eigenvalue weighted by Gasteiger charge is -1.77. The molecule has 0 heterocycles. The molecule has 0 radical (unpaired) electrons. The van der Waals surface area contributed by atoms with Gasteiger partial charge in [0.15, 0.2) is 0 Å². The van der Waals surface area contributed by atoms with Crippen LogP contribution in [-0.2, 0) is 0 Å². The molecule has 0 amide bonds. The van der Waals surface area contributed by atoms with Gasteiger partial charge in [-0.3, -0.25) is 0 Å². The third kappa shape index (κ3) is 4.66. The average Bonchev–Trinajstić information content (AvgIpc) is 1.41. The van der Waals surface area contributed by atoms with Crippen molar-refractivity contribution in [3.05, 3.63) is 0 Å². The Morgan fingerprint density at radius 2 is 2.40 bits per heavy atom. The van der Waals surface area contributed by atoms with E-state index in [0.717, 1.165) is 16.8 Å². The molecule has 0 aliphatic heterocycles. The fourth-order valence-corrected chi connectivity index (χ4v) is 0.474. The molecule has 0 rings (SSSR count). The van der Waals surface area contributed by atoms with Crippen LogP contribution in [0.5, 0.6) is 0 Å². The van der Waals surface area contributed by atoms with E-state index in [4.69, 9.17) is 4.55 Å². The van der Waals surface area contributed by atoms with Crippen molar-refractivity contribution in [3.8, 4) is 0 Å². The number of hydrogen-bond donors (Lipinski definition) is 1. The molecule has 1 N–H and O–H groups in total. The van der Waals surface area contributed by atoms with E-state index in [9.17, 15) is 0 Å². The van der Waals surface area contributed by atoms with Gasteiger partial charge in [0.25, 0.3) is 0 Å². The Morgan fingerprint density at radius 1 is 1.80 bits per heavy atom. The van der Waals surface area contributed by atoms with Gasteiger partial charge in [0.1, 0.15) is 0 Å². The Hall–Kier alpha value is 0.660. The first-order chi connectivity index (χ1) is 2.41. The van der Waals surface area contributed by atoms with E-state index >= 15 is 0 Å². The number of rotatable bonds is 2. The molecule has 0 atom stereocenters. The smallest absolute Gasteiger partial charge is 0.0593 e. The summed E-state index contributed by atoms with van der Waals surface area (Å²) < 4.78 is 7.95. The number of hydrogen-bond acceptors (Lipinski definition) is 3. The van der Waals surface area contributed by atoms with Crippen molar-refractivity contribution in [2.24, 2.45) is 0 Å². The second kappa shape index (κ2) is 4.66. The average molecular weight is 110 g/mol. The summed E-state index contributed by atoms with van der Waals surface area (Å²) in [6.45, 7) is 1.99. The molecule has 1 nitrogen and oxygen atoms in total. The highest BCUT2D eigenvalue weighted by Crippen LogP contribution is 2.13. The van der Waals surface area contributed by atoms with Crippen LogP contribution < -0.4 is 0 Å². The summed E-state index contributed by atoms with van der Waals surface area (Å²) >= 11 is 0.818. The second-order valence-corrected chi connectivity index (χ2v) is 2.60. The van der Waals surface area contributed by atoms with Gasteiger partial charge < -0.3 is 4.55 Å². The van der Waals surface area contributed by atoms with Crippen molar-refractivity contribution in [1.82, 2.24) is 0 Å². The molecule has 5 heavy (non-hydrogen) atoms. The van der Waals surface area contributed by atoms with Gasteiger partial charge in [-0.15, -0.1) is 0 Å². The van der Waals surface area contributed by atoms with Gasteiger partial charge >= 0.3 is 0 Å². The predicted octanol–water partition coefficient (Wildman–Crippen LogP) is 1.86. The standard InChI is InChI=1S/C2H6OS2/c1-2-4-5-3/h3H,2H2,1H3. The van der Waals surface area contributed by atoms with Crippen molar-refractivity contribution in [2.45, 2.75) is 6.92 Å². The van der Waals surface area contributed by atoms with Crippen LogP contribution in [0.2, 0.25) is 0 Å². The van der Waals surface area contributed by atoms with E-state index in [1.165, 1.54) is 10.8 Å². The zero-order valence-electron chi connectivity index (χ0n) is 2.97. The topological polar surface area (TPSA) is 20.2 Å². The summed E-state index contributed by atoms with van der Waals surface area (Å²) in [5.74, 6) is 0.973. The van der Waals surface area contributed by atoms with E-state index in [-0.39, 0.29) is 0 Å². The van der Waals surface area contributed by atoms with Crippen LogP contribution in [0, 0.1) is 0 Å². The summed E-state index contributed by atoms with van der Waals surface area (Å²) in [5, 5.41) is 0. The molecule has 0 unspecified atom stereocenters. The first-order valence-corrected chi connectivity index (χ1v) is 3.62. The van der Waals surface area contributed by atoms with Gasteiger partial charge in [0, 0.05) is 5.75 Å². The summed E-state index contributed by atoms with van der Waals surface area (Å²) in [6, 6.07) is 0. The minimum atomic E-state index is 0.818. The van der Waals surface area contributed by atoms with Crippen LogP contribution in [0.4, 0.5) is 0 Å². The third-order valence-corrected chi connectivity index (χ3v) is 1.54. The van der Waals surface area contributed by atoms with E-state index in [1.54, 1.807) is 0 Å². The normalized spacial score (nSPS) is 8.40. The van der Waals surface area contributed by atoms with Crippen LogP contribution in [0.25, 0.3) is 0 Å². The highest BCUT2D eigenvalue weighted by atomic mass is 33.1. The first-order valence-electron chi connectivity index (χ1n) is 1.35. The molecule has 0 aromatic carbocycles. The molecule has 0 aromatic heterocycles. The lowest BCUT2D eigenvalue weighted by molar-refractivity contribution is 0.676. The first kappa shape index (κ1) is 5.66. The van der Waals surface area contributed by atoms with Crippen molar-refractivity contribution in [1.29, 1.82) is 0 Å². The molecule has 0 aliphatic carbocycles. The highest BCUT2D eigenvalue weighted by Gasteiger charge is 1.70. The highest BCUT2D eigenvalue weighted by molar-refractivity contribution is 8.74. The molecule has 0 spiro atoms. The van der Waals surface area contributed by atoms with Gasteiger partial charge in [0.05, 0.1) is 11.1 Å². The zero-order valence-corrected chi connectivity index (χ0v) is 4.60. The van der Waals surface area contributed by atoms with E-state index in [0.29, 0.717) is 0 Å². The maximum absolute atomic E-state index is 7.95. The lowest BCUT2D eigenvalue weighted by atomic mass is 11.0. The Bertz CT molecular complexity index is 15.1. The molecule has 0 saturated carbocycles. The molecule has 32 valence electrons. The van der Waals surface area contributed by atoms with Gasteiger partial charge in [-0.25, -0.2) is 0 Å².